The van der Waals surface area contributed by atoms with Crippen molar-refractivity contribution in [1.82, 2.24) is 4.90 Å². The van der Waals surface area contributed by atoms with Gasteiger partial charge >= 0.3 is 6.09 Å². The van der Waals surface area contributed by atoms with E-state index in [4.69, 9.17) is 9.84 Å². The molecule has 1 aliphatic heterocycles. The Morgan fingerprint density at radius 1 is 1.47 bits per heavy atom. The first-order valence-corrected chi connectivity index (χ1v) is 6.42. The predicted octanol–water partition coefficient (Wildman–Crippen LogP) is 2.26. The van der Waals surface area contributed by atoms with E-state index < -0.39 is 5.60 Å². The molecule has 1 fully saturated rings. The fourth-order valence-corrected chi connectivity index (χ4v) is 2.18. The Balaban J connectivity index is 2.52. The van der Waals surface area contributed by atoms with Crippen molar-refractivity contribution >= 4 is 6.09 Å². The molecule has 1 rings (SSSR count). The number of hydrogen-bond acceptors (Lipinski definition) is 3. The number of aliphatic hydroxyl groups excluding tert-OH is 1. The third kappa shape index (κ3) is 4.54. The molecule has 2 unspecified atom stereocenters. The summed E-state index contributed by atoms with van der Waals surface area (Å²) in [5, 5.41) is 9.01. The van der Waals surface area contributed by atoms with Crippen molar-refractivity contribution in [2.75, 3.05) is 19.7 Å². The van der Waals surface area contributed by atoms with Gasteiger partial charge in [0, 0.05) is 19.7 Å². The third-order valence-corrected chi connectivity index (χ3v) is 3.27. The monoisotopic (exact) mass is 243 g/mol. The summed E-state index contributed by atoms with van der Waals surface area (Å²) >= 11 is 0. The van der Waals surface area contributed by atoms with Crippen LogP contribution < -0.4 is 0 Å². The Morgan fingerprint density at radius 3 is 2.65 bits per heavy atom. The molecule has 0 saturated carbocycles. The van der Waals surface area contributed by atoms with Gasteiger partial charge in [-0.25, -0.2) is 4.79 Å². The molecule has 0 radical (unpaired) electrons. The number of hydrogen-bond donors (Lipinski definition) is 1. The van der Waals surface area contributed by atoms with Crippen LogP contribution in [0.3, 0.4) is 0 Å². The predicted molar refractivity (Wildman–Crippen MR) is 66.8 cm³/mol. The molecule has 0 spiro atoms. The van der Waals surface area contributed by atoms with Gasteiger partial charge in [0.25, 0.3) is 0 Å². The largest absolute Gasteiger partial charge is 0.444 e. The lowest BCUT2D eigenvalue weighted by molar-refractivity contribution is 0.00924. The quantitative estimate of drug-likeness (QED) is 0.809. The van der Waals surface area contributed by atoms with Crippen molar-refractivity contribution < 1.29 is 14.6 Å². The molecule has 0 bridgehead atoms. The highest BCUT2D eigenvalue weighted by Crippen LogP contribution is 2.26. The Kier molecular flexibility index (Phi) is 4.80. The number of nitrogens with zero attached hydrogens (tertiary/aromatic N) is 1. The number of carbonyl (C=O) groups excluding carboxylic acids is 1. The summed E-state index contributed by atoms with van der Waals surface area (Å²) < 4.78 is 5.36. The fraction of sp³-hybridized carbons (Fsp3) is 0.923. The maximum absolute atomic E-state index is 11.9. The first kappa shape index (κ1) is 14.3. The van der Waals surface area contributed by atoms with Crippen LogP contribution in [0.2, 0.25) is 0 Å². The number of carbonyl (C=O) groups is 1. The summed E-state index contributed by atoms with van der Waals surface area (Å²) in [7, 11) is 0. The average Bonchev–Trinajstić information content (AvgIpc) is 2.19. The van der Waals surface area contributed by atoms with Crippen molar-refractivity contribution in [2.45, 2.75) is 46.1 Å². The van der Waals surface area contributed by atoms with Crippen LogP contribution in [0.25, 0.3) is 0 Å². The van der Waals surface area contributed by atoms with Gasteiger partial charge in [-0.15, -0.1) is 0 Å². The first-order valence-electron chi connectivity index (χ1n) is 6.42. The Morgan fingerprint density at radius 2 is 2.12 bits per heavy atom. The zero-order valence-electron chi connectivity index (χ0n) is 11.4. The third-order valence-electron chi connectivity index (χ3n) is 3.27. The molecule has 0 aliphatic carbocycles. The van der Waals surface area contributed by atoms with Gasteiger partial charge in [-0.05, 0) is 45.4 Å². The SMILES string of the molecule is CC1CCN(C(=O)OC(C)(C)C)CC1CCO. The van der Waals surface area contributed by atoms with Gasteiger partial charge in [0.2, 0.25) is 0 Å². The van der Waals surface area contributed by atoms with Crippen molar-refractivity contribution in [3.63, 3.8) is 0 Å². The van der Waals surface area contributed by atoms with Crippen molar-refractivity contribution in [2.24, 2.45) is 11.8 Å². The van der Waals surface area contributed by atoms with Gasteiger partial charge in [0.1, 0.15) is 5.60 Å². The summed E-state index contributed by atoms with van der Waals surface area (Å²) in [4.78, 5) is 13.7. The zero-order valence-corrected chi connectivity index (χ0v) is 11.4. The molecular formula is C13H25NO3. The minimum absolute atomic E-state index is 0.192. The second-order valence-corrected chi connectivity index (χ2v) is 5.96. The van der Waals surface area contributed by atoms with Crippen LogP contribution in [0, 0.1) is 11.8 Å². The van der Waals surface area contributed by atoms with Gasteiger partial charge in [-0.3, -0.25) is 0 Å². The van der Waals surface area contributed by atoms with E-state index in [1.54, 1.807) is 4.90 Å². The number of aliphatic hydroxyl groups is 1. The van der Waals surface area contributed by atoms with Crippen LogP contribution in [-0.2, 0) is 4.74 Å². The molecule has 1 aliphatic rings. The molecule has 0 aromatic rings. The van der Waals surface area contributed by atoms with E-state index in [1.807, 2.05) is 20.8 Å². The lowest BCUT2D eigenvalue weighted by Crippen LogP contribution is -2.45. The van der Waals surface area contributed by atoms with Crippen LogP contribution in [0.4, 0.5) is 4.79 Å². The van der Waals surface area contributed by atoms with Crippen LogP contribution >= 0.6 is 0 Å². The van der Waals surface area contributed by atoms with E-state index in [2.05, 4.69) is 6.92 Å². The molecule has 4 heteroatoms. The number of ether oxygens (including phenoxy) is 1. The zero-order chi connectivity index (χ0) is 13.1. The number of piperidine rings is 1. The van der Waals surface area contributed by atoms with Gasteiger partial charge < -0.3 is 14.7 Å². The Bertz CT molecular complexity index is 260. The Labute approximate surface area is 104 Å². The summed E-state index contributed by atoms with van der Waals surface area (Å²) in [5.41, 5.74) is -0.438. The first-order chi connectivity index (χ1) is 7.83. The standard InChI is InChI=1S/C13H25NO3/c1-10-5-7-14(9-11(10)6-8-15)12(16)17-13(2,3)4/h10-11,15H,5-9H2,1-4H3. The summed E-state index contributed by atoms with van der Waals surface area (Å²) in [6.45, 7) is 9.48. The van der Waals surface area contributed by atoms with E-state index in [0.717, 1.165) is 19.4 Å². The van der Waals surface area contributed by atoms with Gasteiger partial charge in [0.05, 0.1) is 0 Å². The van der Waals surface area contributed by atoms with Crippen molar-refractivity contribution in [3.8, 4) is 0 Å². The van der Waals surface area contributed by atoms with Gasteiger partial charge in [-0.1, -0.05) is 6.92 Å². The highest BCUT2D eigenvalue weighted by molar-refractivity contribution is 5.68. The lowest BCUT2D eigenvalue weighted by atomic mass is 9.85. The maximum Gasteiger partial charge on any atom is 0.410 e. The van der Waals surface area contributed by atoms with E-state index in [-0.39, 0.29) is 12.7 Å². The molecule has 100 valence electrons. The van der Waals surface area contributed by atoms with E-state index >= 15 is 0 Å². The number of likely N-dealkylation sites (tertiary alicyclic amines) is 1. The molecule has 0 aromatic carbocycles. The molecular weight excluding hydrogens is 218 g/mol. The van der Waals surface area contributed by atoms with E-state index in [1.165, 1.54) is 0 Å². The van der Waals surface area contributed by atoms with Crippen LogP contribution in [-0.4, -0.2) is 41.4 Å². The second kappa shape index (κ2) is 5.71. The molecule has 4 nitrogen and oxygen atoms in total. The minimum Gasteiger partial charge on any atom is -0.444 e. The highest BCUT2D eigenvalue weighted by Gasteiger charge is 2.30. The molecule has 17 heavy (non-hydrogen) atoms. The van der Waals surface area contributed by atoms with E-state index in [0.29, 0.717) is 18.4 Å². The van der Waals surface area contributed by atoms with E-state index in [9.17, 15) is 4.79 Å². The summed E-state index contributed by atoms with van der Waals surface area (Å²) in [6, 6.07) is 0. The summed E-state index contributed by atoms with van der Waals surface area (Å²) in [5.74, 6) is 0.960. The summed E-state index contributed by atoms with van der Waals surface area (Å²) in [6.07, 6.45) is 1.53. The topological polar surface area (TPSA) is 49.8 Å². The Hall–Kier alpha value is -0.770. The molecule has 1 N–H and O–H groups in total. The van der Waals surface area contributed by atoms with Crippen LogP contribution in [0.5, 0.6) is 0 Å². The average molecular weight is 243 g/mol. The maximum atomic E-state index is 11.9. The fourth-order valence-electron chi connectivity index (χ4n) is 2.18. The molecule has 0 aromatic heterocycles. The smallest absolute Gasteiger partial charge is 0.410 e. The number of amides is 1. The number of rotatable bonds is 2. The molecule has 1 heterocycles. The van der Waals surface area contributed by atoms with Crippen molar-refractivity contribution in [1.29, 1.82) is 0 Å². The van der Waals surface area contributed by atoms with Gasteiger partial charge in [-0.2, -0.15) is 0 Å². The van der Waals surface area contributed by atoms with Crippen LogP contribution in [0.1, 0.15) is 40.5 Å². The molecule has 2 atom stereocenters. The lowest BCUT2D eigenvalue weighted by Gasteiger charge is -2.37. The molecule has 1 saturated heterocycles. The normalized spacial score (nSPS) is 25.8. The molecule has 1 amide bonds. The highest BCUT2D eigenvalue weighted by atomic mass is 16.6. The van der Waals surface area contributed by atoms with Gasteiger partial charge in [0.15, 0.2) is 0 Å². The van der Waals surface area contributed by atoms with Crippen LogP contribution in [0.15, 0.2) is 0 Å². The van der Waals surface area contributed by atoms with Crippen molar-refractivity contribution in [3.05, 3.63) is 0 Å². The second-order valence-electron chi connectivity index (χ2n) is 5.96. The minimum atomic E-state index is -0.438.